The highest BCUT2D eigenvalue weighted by Crippen LogP contribution is 2.44. The molecular formula is C34H42N8O5. The number of carbonyl (C=O) groups excluding carboxylic acids is 1. The molecule has 1 aliphatic carbocycles. The Morgan fingerprint density at radius 2 is 1.94 bits per heavy atom. The maximum atomic E-state index is 13.3. The van der Waals surface area contributed by atoms with Gasteiger partial charge in [0.25, 0.3) is 5.69 Å². The molecule has 0 atom stereocenters. The van der Waals surface area contributed by atoms with Gasteiger partial charge in [-0.15, -0.1) is 0 Å². The van der Waals surface area contributed by atoms with E-state index < -0.39 is 10.9 Å². The van der Waals surface area contributed by atoms with E-state index in [2.05, 4.69) is 36.0 Å². The van der Waals surface area contributed by atoms with Crippen molar-refractivity contribution in [2.75, 3.05) is 63.0 Å². The van der Waals surface area contributed by atoms with Crippen molar-refractivity contribution in [3.05, 3.63) is 57.5 Å². The van der Waals surface area contributed by atoms with Crippen molar-refractivity contribution < 1.29 is 19.2 Å². The summed E-state index contributed by atoms with van der Waals surface area (Å²) in [5.74, 6) is 7.19. The number of anilines is 5. The summed E-state index contributed by atoms with van der Waals surface area (Å²) in [4.78, 5) is 45.0. The average molecular weight is 643 g/mol. The average Bonchev–Trinajstić information content (AvgIpc) is 3.81. The van der Waals surface area contributed by atoms with E-state index in [4.69, 9.17) is 19.4 Å². The smallest absolute Gasteiger partial charge is 0.343 e. The molecule has 2 aliphatic rings. The summed E-state index contributed by atoms with van der Waals surface area (Å²) in [6.07, 6.45) is 3.32. The molecule has 1 saturated carbocycles. The Labute approximate surface area is 275 Å². The molecule has 0 unspecified atom stereocenters. The number of carbonyl (C=O) groups is 1. The monoisotopic (exact) mass is 642 g/mol. The molecule has 13 heteroatoms. The lowest BCUT2D eigenvalue weighted by Gasteiger charge is -2.24. The van der Waals surface area contributed by atoms with Crippen LogP contribution in [0.3, 0.4) is 0 Å². The fourth-order valence-corrected chi connectivity index (χ4v) is 5.31. The number of likely N-dealkylation sites (N-methyl/N-ethyl adjacent to an activating group) is 2. The molecule has 1 aliphatic heterocycles. The van der Waals surface area contributed by atoms with Crippen LogP contribution in [0.25, 0.3) is 0 Å². The van der Waals surface area contributed by atoms with Gasteiger partial charge in [-0.25, -0.2) is 14.8 Å². The first-order valence-corrected chi connectivity index (χ1v) is 15.6. The summed E-state index contributed by atoms with van der Waals surface area (Å²) in [5, 5.41) is 15.3. The van der Waals surface area contributed by atoms with Gasteiger partial charge in [-0.2, -0.15) is 4.98 Å². The fraction of sp³-hybridized carbons (Fsp3) is 0.471. The van der Waals surface area contributed by atoms with E-state index in [0.29, 0.717) is 54.2 Å². The number of esters is 1. The zero-order valence-corrected chi connectivity index (χ0v) is 28.2. The molecule has 3 aromatic rings. The summed E-state index contributed by atoms with van der Waals surface area (Å²) >= 11 is 0. The molecule has 2 aromatic heterocycles. The first-order chi connectivity index (χ1) is 22.3. The van der Waals surface area contributed by atoms with Crippen molar-refractivity contribution in [2.45, 2.75) is 52.1 Å². The van der Waals surface area contributed by atoms with Gasteiger partial charge in [0, 0.05) is 56.3 Å². The number of nitrogens with one attached hydrogen (secondary N) is 1. The van der Waals surface area contributed by atoms with Crippen molar-refractivity contribution in [1.29, 1.82) is 0 Å². The second-order valence-electron chi connectivity index (χ2n) is 13.1. The number of pyridine rings is 1. The predicted octanol–water partition coefficient (Wildman–Crippen LogP) is 5.29. The number of nitrogens with zero attached hydrogens (tertiary/aromatic N) is 7. The van der Waals surface area contributed by atoms with Crippen molar-refractivity contribution in [3.63, 3.8) is 0 Å². The molecule has 1 aromatic carbocycles. The van der Waals surface area contributed by atoms with E-state index >= 15 is 0 Å². The zero-order chi connectivity index (χ0) is 34.0. The van der Waals surface area contributed by atoms with Gasteiger partial charge in [0.2, 0.25) is 5.95 Å². The highest BCUT2D eigenvalue weighted by Gasteiger charge is 2.40. The Morgan fingerprint density at radius 1 is 1.19 bits per heavy atom. The maximum absolute atomic E-state index is 13.3. The van der Waals surface area contributed by atoms with Crippen LogP contribution in [0.15, 0.2) is 30.5 Å². The molecule has 0 amide bonds. The predicted molar refractivity (Wildman–Crippen MR) is 181 cm³/mol. The van der Waals surface area contributed by atoms with Gasteiger partial charge >= 0.3 is 5.97 Å². The summed E-state index contributed by atoms with van der Waals surface area (Å²) in [6.45, 7) is 9.49. The molecule has 0 bridgehead atoms. The minimum atomic E-state index is -0.564. The van der Waals surface area contributed by atoms with E-state index in [-0.39, 0.29) is 28.7 Å². The molecule has 1 N–H and O–H groups in total. The van der Waals surface area contributed by atoms with Gasteiger partial charge in [0.05, 0.1) is 35.2 Å². The lowest BCUT2D eigenvalue weighted by molar-refractivity contribution is -0.384. The summed E-state index contributed by atoms with van der Waals surface area (Å²) < 4.78 is 11.2. The van der Waals surface area contributed by atoms with Gasteiger partial charge in [-0.3, -0.25) is 10.1 Å². The molecule has 248 valence electrons. The molecule has 0 spiro atoms. The quantitative estimate of drug-likeness (QED) is 0.126. The Hall–Kier alpha value is -4.96. The van der Waals surface area contributed by atoms with Crippen LogP contribution in [0, 0.1) is 27.9 Å². The third-order valence-corrected chi connectivity index (χ3v) is 7.96. The molecule has 47 heavy (non-hydrogen) atoms. The van der Waals surface area contributed by atoms with Crippen LogP contribution in [-0.2, 0) is 10.2 Å². The number of hydrogen-bond acceptors (Lipinski definition) is 12. The molecule has 0 saturated heterocycles. The Bertz CT molecular complexity index is 1740. The summed E-state index contributed by atoms with van der Waals surface area (Å²) in [5.41, 5.74) is 2.76. The summed E-state index contributed by atoms with van der Waals surface area (Å²) in [6, 6.07) is 6.88. The van der Waals surface area contributed by atoms with Crippen LogP contribution in [0.1, 0.15) is 62.3 Å². The largest absolute Gasteiger partial charge is 0.494 e. The first-order valence-electron chi connectivity index (χ1n) is 15.6. The number of methoxy groups -OCH3 is 1. The molecular weight excluding hydrogens is 600 g/mol. The van der Waals surface area contributed by atoms with Crippen LogP contribution in [-0.4, -0.2) is 84.7 Å². The number of rotatable bonds is 11. The van der Waals surface area contributed by atoms with Crippen molar-refractivity contribution in [1.82, 2.24) is 19.9 Å². The van der Waals surface area contributed by atoms with Gasteiger partial charge in [-0.1, -0.05) is 19.8 Å². The first kappa shape index (κ1) is 33.4. The van der Waals surface area contributed by atoms with Gasteiger partial charge in [0.15, 0.2) is 5.82 Å². The number of aromatic nitrogens is 3. The number of ether oxygens (including phenoxy) is 2. The van der Waals surface area contributed by atoms with Crippen LogP contribution >= 0.6 is 0 Å². The standard InChI is InChI=1S/C34H42N8O5/c1-21(2)47-32(43)24-19-35-33(37-25-17-28(42(44)45)27(18-29(25)46-8)40(7)16-15-39(5)6)38-31(24)41-20-34(3,4)30-26(41)14-13-23(36-30)12-11-22-9-10-22/h13-14,17-19,21-22H,9-10,15-16,20H2,1-8H3,(H,35,37,38). The maximum Gasteiger partial charge on any atom is 0.343 e. The number of fused-ring (bicyclic) bond motifs is 1. The molecule has 5 rings (SSSR count). The summed E-state index contributed by atoms with van der Waals surface area (Å²) in [7, 11) is 7.18. The Morgan fingerprint density at radius 3 is 2.57 bits per heavy atom. The van der Waals surface area contributed by atoms with Gasteiger partial charge in [0.1, 0.15) is 22.7 Å². The third-order valence-electron chi connectivity index (χ3n) is 7.96. The SMILES string of the molecule is COc1cc(N(C)CCN(C)C)c([N+](=O)[O-])cc1Nc1ncc(C(=O)OC(C)C)c(N2CC(C)(C)c3nc(C#CC4CC4)ccc32)n1. The highest BCUT2D eigenvalue weighted by molar-refractivity contribution is 5.96. The normalized spacial score (nSPS) is 14.8. The number of hydrogen-bond donors (Lipinski definition) is 1. The molecule has 0 radical (unpaired) electrons. The van der Waals surface area contributed by atoms with E-state index in [0.717, 1.165) is 24.2 Å². The molecule has 13 nitrogen and oxygen atoms in total. The number of nitro benzene ring substituents is 1. The van der Waals surface area contributed by atoms with Crippen LogP contribution in [0.5, 0.6) is 5.75 Å². The minimum Gasteiger partial charge on any atom is -0.494 e. The van der Waals surface area contributed by atoms with E-state index in [9.17, 15) is 14.9 Å². The lowest BCUT2D eigenvalue weighted by atomic mass is 9.91. The van der Waals surface area contributed by atoms with Crippen molar-refractivity contribution in [2.24, 2.45) is 5.92 Å². The van der Waals surface area contributed by atoms with E-state index in [1.54, 1.807) is 27.0 Å². The van der Waals surface area contributed by atoms with E-state index in [1.165, 1.54) is 19.4 Å². The van der Waals surface area contributed by atoms with Gasteiger partial charge < -0.3 is 29.5 Å². The third kappa shape index (κ3) is 7.55. The number of benzene rings is 1. The second-order valence-corrected chi connectivity index (χ2v) is 13.1. The lowest BCUT2D eigenvalue weighted by Crippen LogP contribution is -2.29. The second kappa shape index (κ2) is 13.4. The van der Waals surface area contributed by atoms with Crippen LogP contribution in [0.4, 0.5) is 34.5 Å². The number of nitro groups is 1. The zero-order valence-electron chi connectivity index (χ0n) is 28.2. The topological polar surface area (TPSA) is 139 Å². The van der Waals surface area contributed by atoms with Gasteiger partial charge in [-0.05, 0) is 58.8 Å². The van der Waals surface area contributed by atoms with Crippen molar-refractivity contribution >= 4 is 40.5 Å². The van der Waals surface area contributed by atoms with Crippen LogP contribution < -0.4 is 19.9 Å². The fourth-order valence-electron chi connectivity index (χ4n) is 5.31. The highest BCUT2D eigenvalue weighted by atomic mass is 16.6. The van der Waals surface area contributed by atoms with Crippen molar-refractivity contribution in [3.8, 4) is 17.6 Å². The Kier molecular flexibility index (Phi) is 9.53. The minimum absolute atomic E-state index is 0.103. The molecule has 1 fully saturated rings. The Balaban J connectivity index is 1.55. The van der Waals surface area contributed by atoms with E-state index in [1.807, 2.05) is 40.9 Å². The molecule has 3 heterocycles. The van der Waals surface area contributed by atoms with Crippen LogP contribution in [0.2, 0.25) is 0 Å².